The zero-order chi connectivity index (χ0) is 26.8. The maximum Gasteiger partial charge on any atom is 0.255 e. The van der Waals surface area contributed by atoms with E-state index in [0.29, 0.717) is 27.5 Å². The molecule has 3 aromatic carbocycles. The van der Waals surface area contributed by atoms with Gasteiger partial charge in [0.1, 0.15) is 11.8 Å². The van der Waals surface area contributed by atoms with E-state index < -0.39 is 6.04 Å². The number of amides is 1. The molecular formula is C29H28ClN5O2S. The summed E-state index contributed by atoms with van der Waals surface area (Å²) in [5.41, 5.74) is 6.11. The molecule has 0 aliphatic carbocycles. The van der Waals surface area contributed by atoms with Gasteiger partial charge in [-0.3, -0.25) is 4.79 Å². The third-order valence-electron chi connectivity index (χ3n) is 6.68. The van der Waals surface area contributed by atoms with Crippen molar-refractivity contribution >= 4 is 40.9 Å². The highest BCUT2D eigenvalue weighted by Crippen LogP contribution is 2.38. The molecule has 1 amide bonds. The number of rotatable bonds is 7. The van der Waals surface area contributed by atoms with Gasteiger partial charge in [-0.1, -0.05) is 65.8 Å². The molecule has 0 bridgehead atoms. The fourth-order valence-corrected chi connectivity index (χ4v) is 5.53. The third-order valence-corrected chi connectivity index (χ3v) is 7.93. The SMILES string of the molecule is COc1ccc(C2C(C(=O)Nc3cccc(C)c3C)=C(C)Nc3nc(SCc4ccccc4Cl)nn32)cc1. The Kier molecular flexibility index (Phi) is 7.44. The number of fused-ring (bicyclic) bond motifs is 1. The maximum absolute atomic E-state index is 13.8. The minimum atomic E-state index is -0.482. The average molecular weight is 546 g/mol. The number of methoxy groups -OCH3 is 1. The van der Waals surface area contributed by atoms with E-state index in [9.17, 15) is 4.79 Å². The minimum Gasteiger partial charge on any atom is -0.497 e. The first kappa shape index (κ1) is 25.9. The van der Waals surface area contributed by atoms with Crippen LogP contribution in [0.1, 0.15) is 35.2 Å². The molecule has 5 rings (SSSR count). The van der Waals surface area contributed by atoms with Crippen molar-refractivity contribution in [1.82, 2.24) is 14.8 Å². The van der Waals surface area contributed by atoms with Crippen molar-refractivity contribution in [2.75, 3.05) is 17.7 Å². The minimum absolute atomic E-state index is 0.198. The van der Waals surface area contributed by atoms with Crippen molar-refractivity contribution < 1.29 is 9.53 Å². The van der Waals surface area contributed by atoms with E-state index >= 15 is 0 Å². The molecule has 1 atom stereocenters. The number of carbonyl (C=O) groups is 1. The number of nitrogens with one attached hydrogen (secondary N) is 2. The highest BCUT2D eigenvalue weighted by molar-refractivity contribution is 7.98. The second-order valence-corrected chi connectivity index (χ2v) is 10.4. The molecule has 1 aromatic heterocycles. The summed E-state index contributed by atoms with van der Waals surface area (Å²) in [6.07, 6.45) is 0. The van der Waals surface area contributed by atoms with Crippen molar-refractivity contribution in [2.45, 2.75) is 37.7 Å². The lowest BCUT2D eigenvalue weighted by Crippen LogP contribution is -2.31. The molecule has 1 unspecified atom stereocenters. The average Bonchev–Trinajstić information content (AvgIpc) is 3.32. The molecule has 194 valence electrons. The maximum atomic E-state index is 13.8. The van der Waals surface area contributed by atoms with E-state index in [2.05, 4.69) is 10.6 Å². The van der Waals surface area contributed by atoms with Crippen molar-refractivity contribution in [3.63, 3.8) is 0 Å². The van der Waals surface area contributed by atoms with Crippen molar-refractivity contribution in [3.8, 4) is 5.75 Å². The van der Waals surface area contributed by atoms with Crippen LogP contribution in [-0.4, -0.2) is 27.8 Å². The Hall–Kier alpha value is -3.75. The molecule has 0 saturated carbocycles. The van der Waals surface area contributed by atoms with Crippen LogP contribution in [-0.2, 0) is 10.5 Å². The highest BCUT2D eigenvalue weighted by Gasteiger charge is 2.34. The Morgan fingerprint density at radius 3 is 2.58 bits per heavy atom. The fourth-order valence-electron chi connectivity index (χ4n) is 4.41. The largest absolute Gasteiger partial charge is 0.497 e. The van der Waals surface area contributed by atoms with Crippen LogP contribution in [0.5, 0.6) is 5.75 Å². The number of allylic oxidation sites excluding steroid dienone is 1. The van der Waals surface area contributed by atoms with Crippen LogP contribution in [0.25, 0.3) is 0 Å². The van der Waals surface area contributed by atoms with Crippen molar-refractivity contribution in [3.05, 3.63) is 105 Å². The van der Waals surface area contributed by atoms with E-state index in [-0.39, 0.29) is 5.91 Å². The first-order valence-corrected chi connectivity index (χ1v) is 13.5. The predicted octanol–water partition coefficient (Wildman–Crippen LogP) is 6.78. The zero-order valence-electron chi connectivity index (χ0n) is 21.6. The molecule has 1 aliphatic heterocycles. The number of ether oxygens (including phenoxy) is 1. The van der Waals surface area contributed by atoms with Gasteiger partial charge >= 0.3 is 0 Å². The lowest BCUT2D eigenvalue weighted by Gasteiger charge is -2.29. The van der Waals surface area contributed by atoms with E-state index in [4.69, 9.17) is 26.4 Å². The van der Waals surface area contributed by atoms with Crippen molar-refractivity contribution in [2.24, 2.45) is 0 Å². The topological polar surface area (TPSA) is 81.1 Å². The number of anilines is 2. The Balaban J connectivity index is 1.51. The van der Waals surface area contributed by atoms with Crippen LogP contribution in [0.15, 0.2) is 83.2 Å². The fraction of sp³-hybridized carbons (Fsp3) is 0.207. The van der Waals surface area contributed by atoms with Crippen LogP contribution in [0.2, 0.25) is 5.02 Å². The Morgan fingerprint density at radius 1 is 1.08 bits per heavy atom. The van der Waals surface area contributed by atoms with E-state index in [1.807, 2.05) is 87.5 Å². The summed E-state index contributed by atoms with van der Waals surface area (Å²) in [6.45, 7) is 5.93. The number of nitrogens with zero attached hydrogens (tertiary/aromatic N) is 3. The van der Waals surface area contributed by atoms with Crippen molar-refractivity contribution in [1.29, 1.82) is 0 Å². The molecule has 1 aliphatic rings. The van der Waals surface area contributed by atoms with Gasteiger partial charge in [-0.25, -0.2) is 4.68 Å². The standard InChI is InChI=1S/C29H28ClN5O2S/c1-17-8-7-11-24(18(17)2)32-27(36)25-19(3)31-28-33-29(38-16-21-9-5-6-10-23(21)30)34-35(28)26(25)20-12-14-22(37-4)15-13-20/h5-15,26H,16H2,1-4H3,(H,32,36)(H,31,33,34). The third kappa shape index (κ3) is 5.14. The van der Waals surface area contributed by atoms with Gasteiger partial charge in [-0.05, 0) is 67.3 Å². The van der Waals surface area contributed by atoms with Gasteiger partial charge in [0.25, 0.3) is 5.91 Å². The smallest absolute Gasteiger partial charge is 0.255 e. The van der Waals surface area contributed by atoms with Gasteiger partial charge in [-0.2, -0.15) is 4.98 Å². The van der Waals surface area contributed by atoms with Crippen LogP contribution in [0.4, 0.5) is 11.6 Å². The van der Waals surface area contributed by atoms with E-state index in [1.54, 1.807) is 11.8 Å². The van der Waals surface area contributed by atoms with E-state index in [1.165, 1.54) is 11.8 Å². The normalized spacial score (nSPS) is 14.6. The first-order valence-electron chi connectivity index (χ1n) is 12.2. The number of hydrogen-bond donors (Lipinski definition) is 2. The molecule has 2 heterocycles. The number of thioether (sulfide) groups is 1. The monoisotopic (exact) mass is 545 g/mol. The molecular weight excluding hydrogens is 518 g/mol. The molecule has 38 heavy (non-hydrogen) atoms. The quantitative estimate of drug-likeness (QED) is 0.249. The lowest BCUT2D eigenvalue weighted by atomic mass is 9.94. The van der Waals surface area contributed by atoms with Crippen LogP contribution in [0.3, 0.4) is 0 Å². The predicted molar refractivity (Wildman–Crippen MR) is 153 cm³/mol. The molecule has 4 aromatic rings. The number of hydrogen-bond acceptors (Lipinski definition) is 6. The van der Waals surface area contributed by atoms with Crippen LogP contribution >= 0.6 is 23.4 Å². The highest BCUT2D eigenvalue weighted by atomic mass is 35.5. The Bertz CT molecular complexity index is 1530. The van der Waals surface area contributed by atoms with Gasteiger partial charge in [0.2, 0.25) is 11.1 Å². The number of carbonyl (C=O) groups excluding carboxylic acids is 1. The summed E-state index contributed by atoms with van der Waals surface area (Å²) in [4.78, 5) is 18.5. The number of aryl methyl sites for hydroxylation is 1. The summed E-state index contributed by atoms with van der Waals surface area (Å²) >= 11 is 7.84. The molecule has 0 spiro atoms. The van der Waals surface area contributed by atoms with Gasteiger partial charge in [-0.15, -0.1) is 5.10 Å². The summed E-state index contributed by atoms with van der Waals surface area (Å²) in [7, 11) is 1.63. The summed E-state index contributed by atoms with van der Waals surface area (Å²) in [5, 5.41) is 12.5. The number of aromatic nitrogens is 3. The van der Waals surface area contributed by atoms with E-state index in [0.717, 1.165) is 39.4 Å². The Morgan fingerprint density at radius 2 is 1.84 bits per heavy atom. The first-order chi connectivity index (χ1) is 18.4. The van der Waals surface area contributed by atoms with Gasteiger partial charge in [0.15, 0.2) is 0 Å². The molecule has 0 saturated heterocycles. The van der Waals surface area contributed by atoms with Gasteiger partial charge < -0.3 is 15.4 Å². The molecule has 7 nitrogen and oxygen atoms in total. The van der Waals surface area contributed by atoms with Gasteiger partial charge in [0, 0.05) is 22.2 Å². The lowest BCUT2D eigenvalue weighted by molar-refractivity contribution is -0.113. The molecule has 9 heteroatoms. The molecule has 2 N–H and O–H groups in total. The summed E-state index contributed by atoms with van der Waals surface area (Å²) in [6, 6.07) is 20.8. The zero-order valence-corrected chi connectivity index (χ0v) is 23.2. The number of halogens is 1. The molecule has 0 radical (unpaired) electrons. The summed E-state index contributed by atoms with van der Waals surface area (Å²) < 4.78 is 7.14. The number of benzene rings is 3. The van der Waals surface area contributed by atoms with Crippen LogP contribution < -0.4 is 15.4 Å². The Labute approximate surface area is 231 Å². The van der Waals surface area contributed by atoms with Gasteiger partial charge in [0.05, 0.1) is 12.7 Å². The second-order valence-electron chi connectivity index (χ2n) is 9.08. The second kappa shape index (κ2) is 10.9. The molecule has 0 fully saturated rings. The summed E-state index contributed by atoms with van der Waals surface area (Å²) in [5.74, 6) is 1.74. The van der Waals surface area contributed by atoms with Crippen LogP contribution in [0, 0.1) is 13.8 Å².